The van der Waals surface area contributed by atoms with Gasteiger partial charge in [-0.1, -0.05) is 120 Å². The fraction of sp³-hybridized carbons (Fsp3) is 0. The first-order valence-electron chi connectivity index (χ1n) is 16.9. The summed E-state index contributed by atoms with van der Waals surface area (Å²) in [5.74, 6) is 0.674. The van der Waals surface area contributed by atoms with Crippen LogP contribution >= 0.6 is 35.3 Å². The first-order chi connectivity index (χ1) is 25.3. The Kier molecular flexibility index (Phi) is 5.83. The molecule has 2 aromatic heterocycles. The molecule has 0 saturated carbocycles. The van der Waals surface area contributed by atoms with E-state index in [-0.39, 0.29) is 0 Å². The number of aromatic nitrogens is 3. The van der Waals surface area contributed by atoms with Gasteiger partial charge in [-0.05, 0) is 71.8 Å². The van der Waals surface area contributed by atoms with Gasteiger partial charge in [0.1, 0.15) is 0 Å². The van der Waals surface area contributed by atoms with E-state index in [2.05, 4.69) is 143 Å². The van der Waals surface area contributed by atoms with E-state index in [1.165, 1.54) is 68.3 Å². The highest BCUT2D eigenvalue weighted by Gasteiger charge is 2.39. The van der Waals surface area contributed by atoms with E-state index in [1.807, 2.05) is 47.4 Å². The molecule has 238 valence electrons. The molecule has 9 aromatic rings. The van der Waals surface area contributed by atoms with Crippen LogP contribution in [-0.4, -0.2) is 14.5 Å². The van der Waals surface area contributed by atoms with Gasteiger partial charge in [0.25, 0.3) is 0 Å². The predicted molar refractivity (Wildman–Crippen MR) is 212 cm³/mol. The Labute approximate surface area is 306 Å². The van der Waals surface area contributed by atoms with Gasteiger partial charge in [-0.25, -0.2) is 9.97 Å². The van der Waals surface area contributed by atoms with Gasteiger partial charge in [0.15, 0.2) is 0 Å². The van der Waals surface area contributed by atoms with Crippen molar-refractivity contribution in [3.63, 3.8) is 0 Å². The summed E-state index contributed by atoms with van der Waals surface area (Å²) >= 11 is 5.68. The SMILES string of the molecule is c1ccc(-c2nc(-n3c4ccccc4c4cc(-c5cc6c7c(c5)Sc5cccc8c5N7c5c(cccc5S6)S8)ccc43)nc3ccccc23)cc1. The van der Waals surface area contributed by atoms with Crippen LogP contribution in [0.1, 0.15) is 0 Å². The molecule has 3 aliphatic heterocycles. The summed E-state index contributed by atoms with van der Waals surface area (Å²) in [4.78, 5) is 20.8. The van der Waals surface area contributed by atoms with Crippen molar-refractivity contribution in [2.45, 2.75) is 29.4 Å². The highest BCUT2D eigenvalue weighted by molar-refractivity contribution is 8.01. The third-order valence-electron chi connectivity index (χ3n) is 10.1. The van der Waals surface area contributed by atoms with Gasteiger partial charge in [0.2, 0.25) is 5.95 Å². The Morgan fingerprint density at radius 1 is 0.392 bits per heavy atom. The molecule has 3 aliphatic rings. The maximum absolute atomic E-state index is 5.27. The highest BCUT2D eigenvalue weighted by atomic mass is 32.2. The number of hydrogen-bond acceptors (Lipinski definition) is 6. The van der Waals surface area contributed by atoms with E-state index in [0.29, 0.717) is 5.95 Å². The lowest BCUT2D eigenvalue weighted by Crippen LogP contribution is -2.22. The summed E-state index contributed by atoms with van der Waals surface area (Å²) in [6, 6.07) is 52.5. The second kappa shape index (κ2) is 10.5. The number of nitrogens with zero attached hydrogens (tertiary/aromatic N) is 4. The van der Waals surface area contributed by atoms with Crippen molar-refractivity contribution in [1.82, 2.24) is 14.5 Å². The van der Waals surface area contributed by atoms with E-state index in [0.717, 1.165) is 33.2 Å². The van der Waals surface area contributed by atoms with Crippen LogP contribution in [0.3, 0.4) is 0 Å². The number of fused-ring (bicyclic) bond motifs is 4. The molecule has 7 heteroatoms. The maximum Gasteiger partial charge on any atom is 0.235 e. The number of rotatable bonds is 3. The molecule has 0 atom stereocenters. The lowest BCUT2D eigenvalue weighted by molar-refractivity contribution is 1.01. The second-order valence-corrected chi connectivity index (χ2v) is 16.3. The maximum atomic E-state index is 5.27. The Morgan fingerprint density at radius 2 is 0.980 bits per heavy atom. The molecule has 0 N–H and O–H groups in total. The Hall–Kier alpha value is -5.47. The fourth-order valence-corrected chi connectivity index (χ4v) is 11.6. The van der Waals surface area contributed by atoms with Gasteiger partial charge in [-0.3, -0.25) is 4.57 Å². The average molecular weight is 705 g/mol. The van der Waals surface area contributed by atoms with Crippen molar-refractivity contribution in [1.29, 1.82) is 0 Å². The van der Waals surface area contributed by atoms with Gasteiger partial charge in [0.05, 0.1) is 39.3 Å². The fourth-order valence-electron chi connectivity index (χ4n) is 7.94. The first kappa shape index (κ1) is 28.3. The van der Waals surface area contributed by atoms with Crippen molar-refractivity contribution in [3.05, 3.63) is 146 Å². The van der Waals surface area contributed by atoms with E-state index in [9.17, 15) is 0 Å². The normalized spacial score (nSPS) is 13.6. The molecular weight excluding hydrogens is 681 g/mol. The average Bonchev–Trinajstić information content (AvgIpc) is 3.51. The molecule has 0 saturated heterocycles. The van der Waals surface area contributed by atoms with Gasteiger partial charge >= 0.3 is 0 Å². The molecule has 4 nitrogen and oxygen atoms in total. The smallest absolute Gasteiger partial charge is 0.235 e. The van der Waals surface area contributed by atoms with Gasteiger partial charge in [-0.15, -0.1) is 0 Å². The Bertz CT molecular complexity index is 2890. The van der Waals surface area contributed by atoms with Crippen LogP contribution in [0.5, 0.6) is 0 Å². The van der Waals surface area contributed by atoms with E-state index < -0.39 is 0 Å². The molecule has 0 fully saturated rings. The Morgan fingerprint density at radius 3 is 1.71 bits per heavy atom. The Balaban J connectivity index is 1.06. The summed E-state index contributed by atoms with van der Waals surface area (Å²) in [6.45, 7) is 0. The monoisotopic (exact) mass is 704 g/mol. The minimum Gasteiger partial charge on any atom is -0.304 e. The second-order valence-electron chi connectivity index (χ2n) is 13.0. The summed E-state index contributed by atoms with van der Waals surface area (Å²) < 4.78 is 2.23. The standard InChI is InChI=1S/C44H24N4S3/c1-2-10-25(11-3-1)40-29-13-4-6-14-31(29)45-44(46-40)47-32-15-7-5-12-28(32)30-22-26(20-21-33(30)47)27-23-38-43-39(24-27)51-37-19-9-17-35-42(37)48(43)41-34(49-35)16-8-18-36(41)50-38/h1-24H. The number of anilines is 3. The quantitative estimate of drug-likeness (QED) is 0.182. The molecule has 0 spiro atoms. The zero-order valence-electron chi connectivity index (χ0n) is 26.9. The zero-order chi connectivity index (χ0) is 33.2. The third kappa shape index (κ3) is 4.02. The van der Waals surface area contributed by atoms with Gasteiger partial charge in [-0.2, -0.15) is 0 Å². The largest absolute Gasteiger partial charge is 0.304 e. The van der Waals surface area contributed by atoms with Crippen LogP contribution in [0.4, 0.5) is 17.1 Å². The number of benzene rings is 7. The molecular formula is C44H24N4S3. The molecule has 7 aromatic carbocycles. The topological polar surface area (TPSA) is 34.0 Å². The van der Waals surface area contributed by atoms with Crippen LogP contribution in [-0.2, 0) is 0 Å². The van der Waals surface area contributed by atoms with Crippen LogP contribution in [0.25, 0.3) is 61.0 Å². The van der Waals surface area contributed by atoms with Crippen molar-refractivity contribution in [3.8, 4) is 28.3 Å². The summed E-state index contributed by atoms with van der Waals surface area (Å²) in [7, 11) is 0. The van der Waals surface area contributed by atoms with Gasteiger partial charge in [0, 0.05) is 51.1 Å². The van der Waals surface area contributed by atoms with E-state index in [1.54, 1.807) is 0 Å². The minimum atomic E-state index is 0.674. The molecule has 0 amide bonds. The lowest BCUT2D eigenvalue weighted by atomic mass is 10.0. The van der Waals surface area contributed by atoms with Crippen molar-refractivity contribution >= 4 is 85.1 Å². The van der Waals surface area contributed by atoms with Crippen molar-refractivity contribution in [2.75, 3.05) is 4.90 Å². The first-order valence-corrected chi connectivity index (χ1v) is 19.4. The minimum absolute atomic E-state index is 0.674. The van der Waals surface area contributed by atoms with Crippen LogP contribution in [0.2, 0.25) is 0 Å². The summed E-state index contributed by atoms with van der Waals surface area (Å²) in [6.07, 6.45) is 0. The summed E-state index contributed by atoms with van der Waals surface area (Å²) in [5, 5.41) is 3.42. The van der Waals surface area contributed by atoms with Crippen LogP contribution in [0, 0.1) is 0 Å². The number of para-hydroxylation sites is 4. The van der Waals surface area contributed by atoms with Gasteiger partial charge < -0.3 is 4.90 Å². The van der Waals surface area contributed by atoms with Crippen molar-refractivity contribution < 1.29 is 0 Å². The highest BCUT2D eigenvalue weighted by Crippen LogP contribution is 2.66. The molecule has 0 unspecified atom stereocenters. The third-order valence-corrected chi connectivity index (χ3v) is 13.4. The lowest BCUT2D eigenvalue weighted by Gasteiger charge is -2.42. The molecule has 0 aliphatic carbocycles. The number of hydrogen-bond donors (Lipinski definition) is 0. The molecule has 0 bridgehead atoms. The van der Waals surface area contributed by atoms with Crippen LogP contribution < -0.4 is 4.90 Å². The molecule has 12 rings (SSSR count). The molecule has 5 heterocycles. The van der Waals surface area contributed by atoms with E-state index in [4.69, 9.17) is 9.97 Å². The molecule has 0 radical (unpaired) electrons. The van der Waals surface area contributed by atoms with Crippen molar-refractivity contribution in [2.24, 2.45) is 0 Å². The van der Waals surface area contributed by atoms with Crippen LogP contribution in [0.15, 0.2) is 175 Å². The zero-order valence-corrected chi connectivity index (χ0v) is 29.3. The predicted octanol–water partition coefficient (Wildman–Crippen LogP) is 12.9. The summed E-state index contributed by atoms with van der Waals surface area (Å²) in [5.41, 5.74) is 11.5. The van der Waals surface area contributed by atoms with E-state index >= 15 is 0 Å². The molecule has 51 heavy (non-hydrogen) atoms.